The van der Waals surface area contributed by atoms with Crippen LogP contribution in [0.3, 0.4) is 0 Å². The first-order chi connectivity index (χ1) is 2.91. The lowest BCUT2D eigenvalue weighted by atomic mass is 10.4. The number of rotatable bonds is 2. The molecule has 0 fully saturated rings. The summed E-state index contributed by atoms with van der Waals surface area (Å²) in [5, 5.41) is 6.53. The molecule has 0 atom stereocenters. The summed E-state index contributed by atoms with van der Waals surface area (Å²) in [5.41, 5.74) is 0. The van der Waals surface area contributed by atoms with Crippen LogP contribution in [0.2, 0.25) is 0 Å². The molecule has 1 heteroatoms. The van der Waals surface area contributed by atoms with Gasteiger partial charge in [0, 0.05) is 0 Å². The van der Waals surface area contributed by atoms with E-state index in [9.17, 15) is 0 Å². The summed E-state index contributed by atoms with van der Waals surface area (Å²) < 4.78 is 0. The predicted molar refractivity (Wildman–Crippen MR) is 28.2 cm³/mol. The highest BCUT2D eigenvalue weighted by Gasteiger charge is 1.59. The first kappa shape index (κ1) is 5.41. The van der Waals surface area contributed by atoms with Gasteiger partial charge in [0.05, 0.1) is 0 Å². The maximum absolute atomic E-state index is 6.53. The Balaban J connectivity index is 2.85. The molecule has 0 radical (unpaired) electrons. The fraction of sp³-hybridized carbons (Fsp3) is 0.400. The van der Waals surface area contributed by atoms with Gasteiger partial charge in [0.25, 0.3) is 0 Å². The summed E-state index contributed by atoms with van der Waals surface area (Å²) in [7, 11) is 0. The molecule has 1 nitrogen and oxygen atoms in total. The van der Waals surface area contributed by atoms with Crippen LogP contribution in [0.5, 0.6) is 0 Å². The van der Waals surface area contributed by atoms with Crippen LogP contribution in [0, 0.1) is 5.41 Å². The molecule has 0 aliphatic carbocycles. The molecule has 0 aromatic rings. The van der Waals surface area contributed by atoms with Gasteiger partial charge in [-0.1, -0.05) is 12.2 Å². The number of hydrogen-bond donors (Lipinski definition) is 1. The zero-order valence-electron chi connectivity index (χ0n) is 3.94. The predicted octanol–water partition coefficient (Wildman–Crippen LogP) is 1.60. The Bertz CT molecular complexity index is 55.0. The Hall–Kier alpha value is -0.590. The summed E-state index contributed by atoms with van der Waals surface area (Å²) in [6.07, 6.45) is 6.02. The zero-order chi connectivity index (χ0) is 4.83. The van der Waals surface area contributed by atoms with E-state index in [0.717, 1.165) is 6.42 Å². The van der Waals surface area contributed by atoms with E-state index >= 15 is 0 Å². The molecule has 0 aromatic carbocycles. The van der Waals surface area contributed by atoms with Crippen molar-refractivity contribution in [3.05, 3.63) is 12.2 Å². The van der Waals surface area contributed by atoms with Gasteiger partial charge >= 0.3 is 0 Å². The minimum atomic E-state index is 0.774. The summed E-state index contributed by atoms with van der Waals surface area (Å²) in [5.74, 6) is 0. The van der Waals surface area contributed by atoms with E-state index in [1.165, 1.54) is 6.21 Å². The maximum Gasteiger partial charge on any atom is -0.0000289 e. The average Bonchev–Trinajstić information content (AvgIpc) is 1.61. The molecule has 0 rings (SSSR count). The second-order valence-electron chi connectivity index (χ2n) is 1.01. The molecule has 0 bridgehead atoms. The highest BCUT2D eigenvalue weighted by atomic mass is 14.3. The third-order valence-corrected chi connectivity index (χ3v) is 0.490. The molecule has 0 saturated carbocycles. The van der Waals surface area contributed by atoms with Gasteiger partial charge in [-0.15, -0.1) is 0 Å². The van der Waals surface area contributed by atoms with E-state index < -0.39 is 0 Å². The van der Waals surface area contributed by atoms with Crippen LogP contribution in [-0.4, -0.2) is 6.21 Å². The number of hydrogen-bond acceptors (Lipinski definition) is 1. The molecule has 0 aliphatic heterocycles. The Kier molecular flexibility index (Phi) is 3.98. The van der Waals surface area contributed by atoms with Crippen LogP contribution in [0.25, 0.3) is 0 Å². The van der Waals surface area contributed by atoms with Crippen molar-refractivity contribution in [1.29, 1.82) is 5.41 Å². The van der Waals surface area contributed by atoms with Crippen molar-refractivity contribution in [3.8, 4) is 0 Å². The molecule has 0 aliphatic rings. The van der Waals surface area contributed by atoms with Crippen LogP contribution < -0.4 is 0 Å². The van der Waals surface area contributed by atoms with Crippen LogP contribution in [-0.2, 0) is 0 Å². The molecule has 0 amide bonds. The normalized spacial score (nSPS) is 9.50. The second-order valence-corrected chi connectivity index (χ2v) is 1.01. The average molecular weight is 83.1 g/mol. The lowest BCUT2D eigenvalue weighted by molar-refractivity contribution is 1.42. The molecule has 1 N–H and O–H groups in total. The molecule has 0 aromatic heterocycles. The van der Waals surface area contributed by atoms with Crippen molar-refractivity contribution in [2.75, 3.05) is 0 Å². The lowest BCUT2D eigenvalue weighted by Crippen LogP contribution is -1.59. The topological polar surface area (TPSA) is 23.9 Å². The SMILES string of the molecule is C/C=C\CC=N. The standard InChI is InChI=1S/C5H9N/c1-2-3-4-5-6/h2-3,5-6H,4H2,1H3/b3-2-,6-5?. The van der Waals surface area contributed by atoms with Crippen LogP contribution in [0.1, 0.15) is 13.3 Å². The smallest absolute Gasteiger partial charge is 0.0000289 e. The quantitative estimate of drug-likeness (QED) is 0.387. The van der Waals surface area contributed by atoms with Crippen LogP contribution in [0.4, 0.5) is 0 Å². The first-order valence-corrected chi connectivity index (χ1v) is 2.02. The van der Waals surface area contributed by atoms with Crippen molar-refractivity contribution >= 4 is 6.21 Å². The number of nitrogens with one attached hydrogen (secondary N) is 1. The molecule has 0 heterocycles. The van der Waals surface area contributed by atoms with Crippen molar-refractivity contribution in [1.82, 2.24) is 0 Å². The minimum absolute atomic E-state index is 0.774. The van der Waals surface area contributed by atoms with Gasteiger partial charge in [-0.3, -0.25) is 0 Å². The molecule has 6 heavy (non-hydrogen) atoms. The Labute approximate surface area is 38.2 Å². The third kappa shape index (κ3) is 3.41. The molecular formula is C5H9N. The van der Waals surface area contributed by atoms with Gasteiger partial charge in [-0.05, 0) is 19.6 Å². The van der Waals surface area contributed by atoms with Crippen molar-refractivity contribution < 1.29 is 0 Å². The Morgan fingerprint density at radius 1 is 1.67 bits per heavy atom. The highest BCUT2D eigenvalue weighted by Crippen LogP contribution is 1.72. The second kappa shape index (κ2) is 4.41. The van der Waals surface area contributed by atoms with E-state index in [-0.39, 0.29) is 0 Å². The largest absolute Gasteiger partial charge is 0.313 e. The summed E-state index contributed by atoms with van der Waals surface area (Å²) in [6.45, 7) is 1.95. The fourth-order valence-corrected chi connectivity index (χ4v) is 0.204. The van der Waals surface area contributed by atoms with Gasteiger partial charge < -0.3 is 5.41 Å². The summed E-state index contributed by atoms with van der Waals surface area (Å²) in [4.78, 5) is 0. The van der Waals surface area contributed by atoms with Crippen molar-refractivity contribution in [2.45, 2.75) is 13.3 Å². The molecule has 34 valence electrons. The minimum Gasteiger partial charge on any atom is -0.313 e. The molecule has 0 spiro atoms. The van der Waals surface area contributed by atoms with Crippen LogP contribution >= 0.6 is 0 Å². The van der Waals surface area contributed by atoms with E-state index in [0.29, 0.717) is 0 Å². The van der Waals surface area contributed by atoms with Crippen molar-refractivity contribution in [3.63, 3.8) is 0 Å². The first-order valence-electron chi connectivity index (χ1n) is 2.02. The van der Waals surface area contributed by atoms with Gasteiger partial charge in [0.1, 0.15) is 0 Å². The Morgan fingerprint density at radius 3 is 2.50 bits per heavy atom. The molecule has 0 saturated heterocycles. The van der Waals surface area contributed by atoms with E-state index in [1.807, 2.05) is 19.1 Å². The van der Waals surface area contributed by atoms with E-state index in [2.05, 4.69) is 0 Å². The van der Waals surface area contributed by atoms with Gasteiger partial charge in [-0.25, -0.2) is 0 Å². The fourth-order valence-electron chi connectivity index (χ4n) is 0.204. The monoisotopic (exact) mass is 83.1 g/mol. The maximum atomic E-state index is 6.53. The molecular weight excluding hydrogens is 74.1 g/mol. The van der Waals surface area contributed by atoms with Crippen LogP contribution in [0.15, 0.2) is 12.2 Å². The zero-order valence-corrected chi connectivity index (χ0v) is 3.94. The summed E-state index contributed by atoms with van der Waals surface area (Å²) >= 11 is 0. The lowest BCUT2D eigenvalue weighted by Gasteiger charge is -1.68. The van der Waals surface area contributed by atoms with Gasteiger partial charge in [0.15, 0.2) is 0 Å². The summed E-state index contributed by atoms with van der Waals surface area (Å²) in [6, 6.07) is 0. The Morgan fingerprint density at radius 2 is 2.33 bits per heavy atom. The van der Waals surface area contributed by atoms with Gasteiger partial charge in [-0.2, -0.15) is 0 Å². The third-order valence-electron chi connectivity index (χ3n) is 0.490. The molecule has 0 unspecified atom stereocenters. The van der Waals surface area contributed by atoms with Gasteiger partial charge in [0.2, 0.25) is 0 Å². The van der Waals surface area contributed by atoms with E-state index in [1.54, 1.807) is 0 Å². The van der Waals surface area contributed by atoms with Crippen molar-refractivity contribution in [2.24, 2.45) is 0 Å². The van der Waals surface area contributed by atoms with E-state index in [4.69, 9.17) is 5.41 Å². The highest BCUT2D eigenvalue weighted by molar-refractivity contribution is 5.55. The number of allylic oxidation sites excluding steroid dienone is 2.